The third-order valence-electron chi connectivity index (χ3n) is 5.96. The maximum Gasteiger partial charge on any atom is 0.312 e. The molecule has 0 unspecified atom stereocenters. The molecule has 0 N–H and O–H groups in total. The summed E-state index contributed by atoms with van der Waals surface area (Å²) in [4.78, 5) is 12.4. The van der Waals surface area contributed by atoms with Gasteiger partial charge in [0, 0.05) is 5.41 Å². The first-order valence-electron chi connectivity index (χ1n) is 8.28. The van der Waals surface area contributed by atoms with Crippen LogP contribution in [0.25, 0.3) is 0 Å². The van der Waals surface area contributed by atoms with Crippen LogP contribution >= 0.6 is 0 Å². The zero-order valence-corrected chi connectivity index (χ0v) is 14.6. The maximum atomic E-state index is 12.4. The average Bonchev–Trinajstić information content (AvgIpc) is 2.39. The van der Waals surface area contributed by atoms with Crippen molar-refractivity contribution in [2.24, 2.45) is 16.7 Å². The van der Waals surface area contributed by atoms with E-state index in [1.54, 1.807) is 0 Å². The second-order valence-electron chi connectivity index (χ2n) is 8.19. The van der Waals surface area contributed by atoms with Gasteiger partial charge in [0.15, 0.2) is 0 Å². The van der Waals surface area contributed by atoms with E-state index in [-0.39, 0.29) is 16.8 Å². The van der Waals surface area contributed by atoms with E-state index in [1.807, 2.05) is 20.8 Å². The third kappa shape index (κ3) is 3.56. The Morgan fingerprint density at radius 3 is 1.95 bits per heavy atom. The van der Waals surface area contributed by atoms with Crippen molar-refractivity contribution in [2.45, 2.75) is 92.6 Å². The summed E-state index contributed by atoms with van der Waals surface area (Å²) < 4.78 is 5.97. The number of esters is 1. The highest BCUT2D eigenvalue weighted by Crippen LogP contribution is 2.47. The molecule has 0 bridgehead atoms. The smallest absolute Gasteiger partial charge is 0.312 e. The van der Waals surface area contributed by atoms with Crippen molar-refractivity contribution in [3.8, 4) is 0 Å². The lowest BCUT2D eigenvalue weighted by Crippen LogP contribution is -2.49. The fourth-order valence-electron chi connectivity index (χ4n) is 2.96. The lowest BCUT2D eigenvalue weighted by Gasteiger charge is -2.48. The molecule has 1 fully saturated rings. The van der Waals surface area contributed by atoms with Crippen molar-refractivity contribution >= 4 is 5.97 Å². The largest absolute Gasteiger partial charge is 0.459 e. The topological polar surface area (TPSA) is 26.3 Å². The first-order valence-corrected chi connectivity index (χ1v) is 8.28. The summed E-state index contributed by atoms with van der Waals surface area (Å²) in [6.45, 7) is 14.7. The number of carbonyl (C=O) groups is 1. The standard InChI is InChI=1S/C18H34O2/c1-8-16(2,3)15(19)20-18(6,7)17(4,5)14-12-10-9-11-13-14/h14H,8-13H2,1-7H3. The molecular formula is C18H34O2. The van der Waals surface area contributed by atoms with E-state index in [0.29, 0.717) is 5.92 Å². The molecular weight excluding hydrogens is 248 g/mol. The van der Waals surface area contributed by atoms with Crippen LogP contribution < -0.4 is 0 Å². The molecule has 0 aromatic rings. The van der Waals surface area contributed by atoms with E-state index in [2.05, 4.69) is 27.7 Å². The molecule has 0 heterocycles. The van der Waals surface area contributed by atoms with Crippen LogP contribution in [0.4, 0.5) is 0 Å². The Morgan fingerprint density at radius 1 is 1.00 bits per heavy atom. The van der Waals surface area contributed by atoms with Gasteiger partial charge in [-0.1, -0.05) is 40.0 Å². The molecule has 0 spiro atoms. The quantitative estimate of drug-likeness (QED) is 0.635. The Balaban J connectivity index is 2.82. The number of rotatable bonds is 5. The second-order valence-corrected chi connectivity index (χ2v) is 8.19. The monoisotopic (exact) mass is 282 g/mol. The minimum atomic E-state index is -0.418. The number of carbonyl (C=O) groups excluding carboxylic acids is 1. The average molecular weight is 282 g/mol. The van der Waals surface area contributed by atoms with Gasteiger partial charge in [0.1, 0.15) is 5.60 Å². The van der Waals surface area contributed by atoms with Crippen LogP contribution in [-0.2, 0) is 9.53 Å². The predicted molar refractivity (Wildman–Crippen MR) is 84.6 cm³/mol. The van der Waals surface area contributed by atoms with Crippen LogP contribution in [-0.4, -0.2) is 11.6 Å². The number of hydrogen-bond acceptors (Lipinski definition) is 2. The van der Waals surface area contributed by atoms with Gasteiger partial charge in [-0.15, -0.1) is 0 Å². The summed E-state index contributed by atoms with van der Waals surface area (Å²) in [5.41, 5.74) is -0.786. The fourth-order valence-corrected chi connectivity index (χ4v) is 2.96. The molecule has 118 valence electrons. The van der Waals surface area contributed by atoms with E-state index in [9.17, 15) is 4.79 Å². The molecule has 0 radical (unpaired) electrons. The molecule has 1 aliphatic rings. The molecule has 1 rings (SSSR count). The van der Waals surface area contributed by atoms with Crippen molar-refractivity contribution in [1.29, 1.82) is 0 Å². The van der Waals surface area contributed by atoms with Gasteiger partial charge in [-0.3, -0.25) is 4.79 Å². The Kier molecular flexibility index (Phi) is 5.32. The number of ether oxygens (including phenoxy) is 1. The molecule has 0 aromatic heterocycles. The molecule has 1 aliphatic carbocycles. The van der Waals surface area contributed by atoms with Gasteiger partial charge in [0.2, 0.25) is 0 Å². The van der Waals surface area contributed by atoms with Crippen LogP contribution in [0.1, 0.15) is 87.0 Å². The van der Waals surface area contributed by atoms with E-state index >= 15 is 0 Å². The maximum absolute atomic E-state index is 12.4. The van der Waals surface area contributed by atoms with Gasteiger partial charge in [-0.05, 0) is 52.9 Å². The van der Waals surface area contributed by atoms with Crippen molar-refractivity contribution in [3.63, 3.8) is 0 Å². The van der Waals surface area contributed by atoms with E-state index < -0.39 is 5.60 Å². The number of hydrogen-bond donors (Lipinski definition) is 0. The Morgan fingerprint density at radius 2 is 1.50 bits per heavy atom. The predicted octanol–water partition coefficient (Wildman–Crippen LogP) is 5.35. The highest BCUT2D eigenvalue weighted by atomic mass is 16.6. The van der Waals surface area contributed by atoms with Crippen molar-refractivity contribution in [3.05, 3.63) is 0 Å². The molecule has 2 heteroatoms. The minimum absolute atomic E-state index is 0.0207. The molecule has 20 heavy (non-hydrogen) atoms. The van der Waals surface area contributed by atoms with Gasteiger partial charge in [-0.25, -0.2) is 0 Å². The van der Waals surface area contributed by atoms with Gasteiger partial charge in [-0.2, -0.15) is 0 Å². The van der Waals surface area contributed by atoms with Gasteiger partial charge < -0.3 is 4.74 Å². The molecule has 0 atom stereocenters. The molecule has 1 saturated carbocycles. The van der Waals surface area contributed by atoms with Crippen molar-refractivity contribution in [1.82, 2.24) is 0 Å². The lowest BCUT2D eigenvalue weighted by molar-refractivity contribution is -0.185. The molecule has 0 saturated heterocycles. The summed E-state index contributed by atoms with van der Waals surface area (Å²) in [7, 11) is 0. The summed E-state index contributed by atoms with van der Waals surface area (Å²) >= 11 is 0. The van der Waals surface area contributed by atoms with Gasteiger partial charge in [0.25, 0.3) is 0 Å². The van der Waals surface area contributed by atoms with Crippen LogP contribution in [0.3, 0.4) is 0 Å². The highest BCUT2D eigenvalue weighted by molar-refractivity contribution is 5.76. The third-order valence-corrected chi connectivity index (χ3v) is 5.96. The zero-order valence-electron chi connectivity index (χ0n) is 14.6. The molecule has 0 aliphatic heterocycles. The molecule has 2 nitrogen and oxygen atoms in total. The first-order chi connectivity index (χ1) is 9.04. The van der Waals surface area contributed by atoms with E-state index in [1.165, 1.54) is 32.1 Å². The molecule has 0 amide bonds. The summed E-state index contributed by atoms with van der Waals surface area (Å²) in [5, 5.41) is 0. The molecule has 0 aromatic carbocycles. The normalized spacial score (nSPS) is 18.9. The van der Waals surface area contributed by atoms with Crippen molar-refractivity contribution in [2.75, 3.05) is 0 Å². The van der Waals surface area contributed by atoms with Crippen LogP contribution in [0.15, 0.2) is 0 Å². The van der Waals surface area contributed by atoms with Crippen molar-refractivity contribution < 1.29 is 9.53 Å². The van der Waals surface area contributed by atoms with Crippen LogP contribution in [0, 0.1) is 16.7 Å². The highest BCUT2D eigenvalue weighted by Gasteiger charge is 2.47. The fraction of sp³-hybridized carbons (Fsp3) is 0.944. The first kappa shape index (κ1) is 17.5. The Labute approximate surface area is 125 Å². The van der Waals surface area contributed by atoms with Gasteiger partial charge in [0.05, 0.1) is 5.41 Å². The van der Waals surface area contributed by atoms with Gasteiger partial charge >= 0.3 is 5.97 Å². The summed E-state index contributed by atoms with van der Waals surface area (Å²) in [5.74, 6) is 0.595. The SMILES string of the molecule is CCC(C)(C)C(=O)OC(C)(C)C(C)(C)C1CCCCC1. The van der Waals surface area contributed by atoms with Crippen LogP contribution in [0.5, 0.6) is 0 Å². The zero-order chi connectivity index (χ0) is 15.6. The Hall–Kier alpha value is -0.530. The summed E-state index contributed by atoms with van der Waals surface area (Å²) in [6.07, 6.45) is 7.34. The Bertz CT molecular complexity index is 333. The lowest BCUT2D eigenvalue weighted by atomic mass is 9.63. The summed E-state index contributed by atoms with van der Waals surface area (Å²) in [6, 6.07) is 0. The minimum Gasteiger partial charge on any atom is -0.459 e. The van der Waals surface area contributed by atoms with E-state index in [0.717, 1.165) is 6.42 Å². The van der Waals surface area contributed by atoms with E-state index in [4.69, 9.17) is 4.74 Å². The van der Waals surface area contributed by atoms with Crippen LogP contribution in [0.2, 0.25) is 0 Å². The second kappa shape index (κ2) is 6.07.